The molecule has 0 saturated heterocycles. The average Bonchev–Trinajstić information content (AvgIpc) is 3.06. The first kappa shape index (κ1) is 41.1. The maximum Gasteiger partial charge on any atom is 0.193 e. The predicted octanol–water partition coefficient (Wildman–Crippen LogP) is 5.86. The second kappa shape index (κ2) is 17.7. The smallest absolute Gasteiger partial charge is 0.193 e. The largest absolute Gasteiger partial charge is 0.382 e. The molecule has 3 aromatic rings. The molecule has 3 N–H and O–H groups in total. The third-order valence-corrected chi connectivity index (χ3v) is 11.0. The van der Waals surface area contributed by atoms with Crippen molar-refractivity contribution in [3.63, 3.8) is 0 Å². The van der Waals surface area contributed by atoms with Gasteiger partial charge in [0.25, 0.3) is 0 Å². The topological polar surface area (TPSA) is 157 Å². The Morgan fingerprint density at radius 3 is 0.900 bits per heavy atom. The van der Waals surface area contributed by atoms with Crippen LogP contribution in [0.1, 0.15) is 89.3 Å². The standard InChI is InChI=1S/C39H51O10P/c1-37(2,43)34(40)31-13-7-28(8-14-31)25-47-19-22-50(46,23-20-48-26-29-9-15-32(16-10-29)35(41)38(3,4)44)24-21-49-27-30-11-17-33(18-12-30)36(42)39(5,6)45/h7-18,43-45H,19-27H2,1-6H3. The summed E-state index contributed by atoms with van der Waals surface area (Å²) in [5.74, 6) is -1.11. The molecule has 0 radical (unpaired) electrons. The van der Waals surface area contributed by atoms with Gasteiger partial charge in [-0.25, -0.2) is 0 Å². The Labute approximate surface area is 295 Å². The third kappa shape index (κ3) is 13.1. The summed E-state index contributed by atoms with van der Waals surface area (Å²) in [6, 6.07) is 20.5. The van der Waals surface area contributed by atoms with Crippen LogP contribution in [0, 0.1) is 0 Å². The molecular weight excluding hydrogens is 659 g/mol. The fourth-order valence-corrected chi connectivity index (χ4v) is 6.97. The molecule has 3 aromatic carbocycles. The van der Waals surface area contributed by atoms with E-state index in [2.05, 4.69) is 0 Å². The molecule has 0 fully saturated rings. The van der Waals surface area contributed by atoms with Crippen LogP contribution < -0.4 is 0 Å². The second-order valence-corrected chi connectivity index (χ2v) is 17.6. The van der Waals surface area contributed by atoms with Gasteiger partial charge in [-0.2, -0.15) is 0 Å². The van der Waals surface area contributed by atoms with Gasteiger partial charge in [0, 0.05) is 35.2 Å². The average molecular weight is 711 g/mol. The van der Waals surface area contributed by atoms with Crippen molar-refractivity contribution in [3.05, 3.63) is 106 Å². The van der Waals surface area contributed by atoms with E-state index in [0.717, 1.165) is 16.7 Å². The van der Waals surface area contributed by atoms with Crippen molar-refractivity contribution in [1.82, 2.24) is 0 Å². The lowest BCUT2D eigenvalue weighted by molar-refractivity contribution is 0.0487. The molecule has 0 bridgehead atoms. The molecule has 0 aliphatic rings. The van der Waals surface area contributed by atoms with E-state index in [1.807, 2.05) is 0 Å². The predicted molar refractivity (Wildman–Crippen MR) is 192 cm³/mol. The molecule has 11 heteroatoms. The number of hydrogen-bond donors (Lipinski definition) is 3. The molecule has 0 aliphatic carbocycles. The Bertz CT molecular complexity index is 1410. The summed E-state index contributed by atoms with van der Waals surface area (Å²) in [7, 11) is -2.79. The van der Waals surface area contributed by atoms with Crippen LogP contribution in [-0.2, 0) is 38.6 Å². The summed E-state index contributed by atoms with van der Waals surface area (Å²) in [6.45, 7) is 10.2. The van der Waals surface area contributed by atoms with E-state index < -0.39 is 23.9 Å². The summed E-state index contributed by atoms with van der Waals surface area (Å²) < 4.78 is 31.7. The van der Waals surface area contributed by atoms with Crippen LogP contribution in [0.15, 0.2) is 72.8 Å². The van der Waals surface area contributed by atoms with E-state index in [-0.39, 0.29) is 57.0 Å². The number of aliphatic hydroxyl groups is 3. The molecular formula is C39H51O10P. The molecule has 0 saturated carbocycles. The van der Waals surface area contributed by atoms with Crippen molar-refractivity contribution in [1.29, 1.82) is 0 Å². The highest BCUT2D eigenvalue weighted by molar-refractivity contribution is 7.64. The number of ketones is 3. The first-order valence-corrected chi connectivity index (χ1v) is 18.9. The second-order valence-electron chi connectivity index (χ2n) is 14.1. The normalized spacial score (nSPS) is 12.6. The molecule has 272 valence electrons. The van der Waals surface area contributed by atoms with Crippen LogP contribution in [-0.4, -0.2) is 87.8 Å². The van der Waals surface area contributed by atoms with E-state index >= 15 is 0 Å². The van der Waals surface area contributed by atoms with Gasteiger partial charge in [-0.15, -0.1) is 0 Å². The number of carbonyl (C=O) groups excluding carboxylic acids is 3. The number of hydrogen-bond acceptors (Lipinski definition) is 10. The number of rotatable bonds is 21. The summed E-state index contributed by atoms with van der Waals surface area (Å²) >= 11 is 0. The van der Waals surface area contributed by atoms with Crippen molar-refractivity contribution in [2.75, 3.05) is 38.3 Å². The Kier molecular flexibility index (Phi) is 14.6. The first-order chi connectivity index (χ1) is 23.3. The van der Waals surface area contributed by atoms with Crippen LogP contribution >= 0.6 is 7.14 Å². The highest BCUT2D eigenvalue weighted by Gasteiger charge is 2.27. The zero-order valence-corrected chi connectivity index (χ0v) is 30.8. The molecule has 0 aliphatic heterocycles. The highest BCUT2D eigenvalue weighted by Crippen LogP contribution is 2.44. The molecule has 0 unspecified atom stereocenters. The van der Waals surface area contributed by atoms with Crippen LogP contribution in [0.25, 0.3) is 0 Å². The van der Waals surface area contributed by atoms with E-state index in [0.29, 0.717) is 35.2 Å². The Morgan fingerprint density at radius 2 is 0.700 bits per heavy atom. The lowest BCUT2D eigenvalue weighted by Gasteiger charge is -2.19. The van der Waals surface area contributed by atoms with E-state index in [1.165, 1.54) is 41.5 Å². The van der Waals surface area contributed by atoms with Crippen molar-refractivity contribution in [2.45, 2.75) is 78.2 Å². The van der Waals surface area contributed by atoms with Gasteiger partial charge >= 0.3 is 0 Å². The first-order valence-electron chi connectivity index (χ1n) is 16.7. The van der Waals surface area contributed by atoms with Gasteiger partial charge in [0.2, 0.25) is 0 Å². The SMILES string of the molecule is CC(C)(O)C(=O)c1ccc(COCCP(=O)(CCOCc2ccc(C(=O)C(C)(C)O)cc2)CCOCc2ccc(C(=O)C(C)(C)O)cc2)cc1. The molecule has 0 spiro atoms. The van der Waals surface area contributed by atoms with Crippen molar-refractivity contribution >= 4 is 24.5 Å². The Balaban J connectivity index is 1.54. The molecule has 0 aromatic heterocycles. The maximum absolute atomic E-state index is 14.1. The van der Waals surface area contributed by atoms with Gasteiger partial charge in [0.15, 0.2) is 17.3 Å². The molecule has 0 atom stereocenters. The van der Waals surface area contributed by atoms with Crippen molar-refractivity contribution < 1.29 is 48.5 Å². The zero-order chi connectivity index (χ0) is 37.2. The van der Waals surface area contributed by atoms with Crippen LogP contribution in [0.4, 0.5) is 0 Å². The fourth-order valence-electron chi connectivity index (χ4n) is 4.91. The number of ether oxygens (including phenoxy) is 3. The fraction of sp³-hybridized carbons (Fsp3) is 0.462. The van der Waals surface area contributed by atoms with Gasteiger partial charge in [0.05, 0.1) is 46.8 Å². The zero-order valence-electron chi connectivity index (χ0n) is 29.9. The summed E-state index contributed by atoms with van der Waals surface area (Å²) in [5.41, 5.74) is -0.652. The quantitative estimate of drug-likeness (QED) is 0.0695. The maximum atomic E-state index is 14.1. The van der Waals surface area contributed by atoms with Crippen LogP contribution in [0.5, 0.6) is 0 Å². The minimum Gasteiger partial charge on any atom is -0.382 e. The van der Waals surface area contributed by atoms with Crippen LogP contribution in [0.2, 0.25) is 0 Å². The number of benzene rings is 3. The van der Waals surface area contributed by atoms with Gasteiger partial charge in [-0.05, 0) is 58.2 Å². The van der Waals surface area contributed by atoms with Gasteiger partial charge in [-0.1, -0.05) is 72.8 Å². The molecule has 10 nitrogen and oxygen atoms in total. The number of Topliss-reactive ketones (excluding diaryl/α,β-unsaturated/α-hetero) is 3. The summed E-state index contributed by atoms with van der Waals surface area (Å²) in [4.78, 5) is 36.9. The highest BCUT2D eigenvalue weighted by atomic mass is 31.2. The third-order valence-electron chi connectivity index (χ3n) is 8.05. The van der Waals surface area contributed by atoms with E-state index in [1.54, 1.807) is 72.8 Å². The summed E-state index contributed by atoms with van der Waals surface area (Å²) in [5, 5.41) is 29.9. The summed E-state index contributed by atoms with van der Waals surface area (Å²) in [6.07, 6.45) is 0.948. The lowest BCUT2D eigenvalue weighted by Crippen LogP contribution is -2.31. The molecule has 50 heavy (non-hydrogen) atoms. The number of carbonyl (C=O) groups is 3. The van der Waals surface area contributed by atoms with Gasteiger partial charge in [0.1, 0.15) is 16.8 Å². The monoisotopic (exact) mass is 710 g/mol. The van der Waals surface area contributed by atoms with Gasteiger partial charge < -0.3 is 34.1 Å². The Hall–Kier alpha value is -3.34. The molecule has 3 rings (SSSR count). The van der Waals surface area contributed by atoms with Crippen molar-refractivity contribution in [2.24, 2.45) is 0 Å². The lowest BCUT2D eigenvalue weighted by atomic mass is 9.96. The van der Waals surface area contributed by atoms with E-state index in [9.17, 15) is 34.3 Å². The Morgan fingerprint density at radius 1 is 0.480 bits per heavy atom. The van der Waals surface area contributed by atoms with E-state index in [4.69, 9.17) is 14.2 Å². The van der Waals surface area contributed by atoms with Crippen LogP contribution in [0.3, 0.4) is 0 Å². The molecule has 0 heterocycles. The minimum atomic E-state index is -2.79. The van der Waals surface area contributed by atoms with Gasteiger partial charge in [-0.3, -0.25) is 14.4 Å². The van der Waals surface area contributed by atoms with Crippen molar-refractivity contribution in [3.8, 4) is 0 Å². The minimum absolute atomic E-state index is 0.245. The molecule has 0 amide bonds.